The van der Waals surface area contributed by atoms with Crippen molar-refractivity contribution in [3.8, 4) is 5.75 Å². The third-order valence-electron chi connectivity index (χ3n) is 3.87. The van der Waals surface area contributed by atoms with Crippen LogP contribution in [-0.4, -0.2) is 44.4 Å². The van der Waals surface area contributed by atoms with Crippen LogP contribution in [-0.2, 0) is 4.74 Å². The van der Waals surface area contributed by atoms with Crippen molar-refractivity contribution < 1.29 is 9.47 Å². The fraction of sp³-hybridized carbons (Fsp3) is 0.600. The van der Waals surface area contributed by atoms with Gasteiger partial charge in [-0.15, -0.1) is 0 Å². The molecule has 106 valence electrons. The molecule has 19 heavy (non-hydrogen) atoms. The molecule has 1 aliphatic rings. The zero-order valence-electron chi connectivity index (χ0n) is 11.8. The van der Waals surface area contributed by atoms with Crippen LogP contribution >= 0.6 is 0 Å². The Kier molecular flexibility index (Phi) is 5.19. The van der Waals surface area contributed by atoms with Gasteiger partial charge in [0, 0.05) is 25.2 Å². The maximum absolute atomic E-state index is 6.01. The van der Waals surface area contributed by atoms with Crippen LogP contribution in [0.15, 0.2) is 24.3 Å². The van der Waals surface area contributed by atoms with E-state index < -0.39 is 0 Å². The molecule has 0 saturated carbocycles. The van der Waals surface area contributed by atoms with E-state index in [0.717, 1.165) is 31.9 Å². The lowest BCUT2D eigenvalue weighted by Crippen LogP contribution is -2.48. The Balaban J connectivity index is 2.17. The average Bonchev–Trinajstić information content (AvgIpc) is 2.49. The second-order valence-electron chi connectivity index (χ2n) is 4.90. The normalized spacial score (nSPS) is 22.2. The largest absolute Gasteiger partial charge is 0.497 e. The van der Waals surface area contributed by atoms with Gasteiger partial charge >= 0.3 is 0 Å². The lowest BCUT2D eigenvalue weighted by Gasteiger charge is -2.40. The monoisotopic (exact) mass is 264 g/mol. The van der Waals surface area contributed by atoms with Crippen LogP contribution in [0, 0.1) is 0 Å². The summed E-state index contributed by atoms with van der Waals surface area (Å²) in [6.07, 6.45) is 1.09. The van der Waals surface area contributed by atoms with E-state index in [-0.39, 0.29) is 6.04 Å². The number of hydrogen-bond acceptors (Lipinski definition) is 4. The molecule has 1 fully saturated rings. The molecular formula is C15H24N2O2. The molecular weight excluding hydrogens is 240 g/mol. The van der Waals surface area contributed by atoms with Crippen molar-refractivity contribution in [3.05, 3.63) is 29.8 Å². The predicted octanol–water partition coefficient (Wildman–Crippen LogP) is 1.81. The predicted molar refractivity (Wildman–Crippen MR) is 76.4 cm³/mol. The Labute approximate surface area is 115 Å². The van der Waals surface area contributed by atoms with Crippen LogP contribution in [0.4, 0.5) is 0 Å². The molecule has 1 heterocycles. The summed E-state index contributed by atoms with van der Waals surface area (Å²) in [4.78, 5) is 2.48. The van der Waals surface area contributed by atoms with Crippen LogP contribution in [0.2, 0.25) is 0 Å². The number of hydrogen-bond donors (Lipinski definition) is 1. The minimum Gasteiger partial charge on any atom is -0.497 e. The van der Waals surface area contributed by atoms with Crippen molar-refractivity contribution in [2.75, 3.05) is 33.4 Å². The van der Waals surface area contributed by atoms with Crippen molar-refractivity contribution in [2.24, 2.45) is 5.73 Å². The van der Waals surface area contributed by atoms with Crippen LogP contribution < -0.4 is 10.5 Å². The number of methoxy groups -OCH3 is 1. The second-order valence-corrected chi connectivity index (χ2v) is 4.90. The first kappa shape index (κ1) is 14.3. The molecule has 0 aliphatic carbocycles. The molecule has 0 bridgehead atoms. The zero-order valence-corrected chi connectivity index (χ0v) is 11.8. The fourth-order valence-electron chi connectivity index (χ4n) is 2.72. The molecule has 0 spiro atoms. The minimum absolute atomic E-state index is 0.264. The summed E-state index contributed by atoms with van der Waals surface area (Å²) >= 11 is 0. The molecule has 2 atom stereocenters. The van der Waals surface area contributed by atoms with E-state index >= 15 is 0 Å². The SMILES string of the molecule is CCC1COCCN1C(CN)c1ccc(OC)cc1. The van der Waals surface area contributed by atoms with E-state index in [2.05, 4.69) is 24.0 Å². The first-order chi connectivity index (χ1) is 9.30. The van der Waals surface area contributed by atoms with E-state index in [1.54, 1.807) is 7.11 Å². The summed E-state index contributed by atoms with van der Waals surface area (Å²) in [6.45, 7) is 5.38. The Morgan fingerprint density at radius 3 is 2.74 bits per heavy atom. The lowest BCUT2D eigenvalue weighted by molar-refractivity contribution is -0.0291. The fourth-order valence-corrected chi connectivity index (χ4v) is 2.72. The van der Waals surface area contributed by atoms with Gasteiger partial charge in [-0.1, -0.05) is 19.1 Å². The van der Waals surface area contributed by atoms with Crippen LogP contribution in [0.25, 0.3) is 0 Å². The first-order valence-electron chi connectivity index (χ1n) is 6.97. The van der Waals surface area contributed by atoms with Gasteiger partial charge in [-0.2, -0.15) is 0 Å². The van der Waals surface area contributed by atoms with Gasteiger partial charge in [0.2, 0.25) is 0 Å². The number of rotatable bonds is 5. The zero-order chi connectivity index (χ0) is 13.7. The van der Waals surface area contributed by atoms with Crippen molar-refractivity contribution in [1.82, 2.24) is 4.90 Å². The Hall–Kier alpha value is -1.10. The second kappa shape index (κ2) is 6.89. The van der Waals surface area contributed by atoms with Crippen molar-refractivity contribution in [3.63, 3.8) is 0 Å². The molecule has 2 N–H and O–H groups in total. The van der Waals surface area contributed by atoms with E-state index in [9.17, 15) is 0 Å². The van der Waals surface area contributed by atoms with E-state index in [4.69, 9.17) is 15.2 Å². The van der Waals surface area contributed by atoms with Crippen molar-refractivity contribution in [2.45, 2.75) is 25.4 Å². The Morgan fingerprint density at radius 2 is 2.16 bits per heavy atom. The molecule has 0 radical (unpaired) electrons. The van der Waals surface area contributed by atoms with Gasteiger partial charge in [0.05, 0.1) is 20.3 Å². The van der Waals surface area contributed by atoms with Crippen LogP contribution in [0.1, 0.15) is 24.9 Å². The topological polar surface area (TPSA) is 47.7 Å². The first-order valence-corrected chi connectivity index (χ1v) is 6.97. The highest BCUT2D eigenvalue weighted by Gasteiger charge is 2.28. The molecule has 4 heteroatoms. The number of benzene rings is 1. The van der Waals surface area contributed by atoms with Gasteiger partial charge in [-0.25, -0.2) is 0 Å². The summed E-state index contributed by atoms with van der Waals surface area (Å²) in [5, 5.41) is 0. The molecule has 1 aromatic carbocycles. The van der Waals surface area contributed by atoms with Gasteiger partial charge in [-0.3, -0.25) is 4.90 Å². The molecule has 4 nitrogen and oxygen atoms in total. The summed E-state index contributed by atoms with van der Waals surface area (Å²) in [6, 6.07) is 8.94. The maximum Gasteiger partial charge on any atom is 0.118 e. The third-order valence-corrected chi connectivity index (χ3v) is 3.87. The Bertz CT molecular complexity index is 380. The van der Waals surface area contributed by atoms with Crippen LogP contribution in [0.5, 0.6) is 5.75 Å². The maximum atomic E-state index is 6.01. The molecule has 1 saturated heterocycles. The highest BCUT2D eigenvalue weighted by Crippen LogP contribution is 2.26. The third kappa shape index (κ3) is 3.26. The Morgan fingerprint density at radius 1 is 1.42 bits per heavy atom. The highest BCUT2D eigenvalue weighted by atomic mass is 16.5. The van der Waals surface area contributed by atoms with Gasteiger partial charge in [0.15, 0.2) is 0 Å². The number of nitrogens with two attached hydrogens (primary N) is 1. The number of ether oxygens (including phenoxy) is 2. The molecule has 0 amide bonds. The quantitative estimate of drug-likeness (QED) is 0.881. The van der Waals surface area contributed by atoms with E-state index in [1.165, 1.54) is 5.56 Å². The summed E-state index contributed by atoms with van der Waals surface area (Å²) < 4.78 is 10.8. The molecule has 1 aromatic rings. The average molecular weight is 264 g/mol. The summed E-state index contributed by atoms with van der Waals surface area (Å²) in [5.41, 5.74) is 7.26. The molecule has 1 aliphatic heterocycles. The van der Waals surface area contributed by atoms with Gasteiger partial charge in [0.1, 0.15) is 5.75 Å². The standard InChI is InChI=1S/C15H24N2O2/c1-3-13-11-19-9-8-17(13)15(10-16)12-4-6-14(18-2)7-5-12/h4-7,13,15H,3,8-11,16H2,1-2H3. The lowest BCUT2D eigenvalue weighted by atomic mass is 10.0. The van der Waals surface area contributed by atoms with Gasteiger partial charge < -0.3 is 15.2 Å². The molecule has 2 rings (SSSR count). The number of morpholine rings is 1. The van der Waals surface area contributed by atoms with Gasteiger partial charge in [-0.05, 0) is 24.1 Å². The summed E-state index contributed by atoms with van der Waals surface area (Å²) in [7, 11) is 1.69. The van der Waals surface area contributed by atoms with Crippen molar-refractivity contribution in [1.29, 1.82) is 0 Å². The van der Waals surface area contributed by atoms with Gasteiger partial charge in [0.25, 0.3) is 0 Å². The van der Waals surface area contributed by atoms with E-state index in [0.29, 0.717) is 12.6 Å². The highest BCUT2D eigenvalue weighted by molar-refractivity contribution is 5.29. The van der Waals surface area contributed by atoms with Crippen LogP contribution in [0.3, 0.4) is 0 Å². The number of nitrogens with zero attached hydrogens (tertiary/aromatic N) is 1. The van der Waals surface area contributed by atoms with Crippen molar-refractivity contribution >= 4 is 0 Å². The molecule has 0 aromatic heterocycles. The smallest absolute Gasteiger partial charge is 0.118 e. The summed E-state index contributed by atoms with van der Waals surface area (Å²) in [5.74, 6) is 0.883. The molecule has 2 unspecified atom stereocenters. The van der Waals surface area contributed by atoms with E-state index in [1.807, 2.05) is 12.1 Å². The minimum atomic E-state index is 0.264.